The van der Waals surface area contributed by atoms with Gasteiger partial charge in [0.05, 0.1) is 0 Å². The highest BCUT2D eigenvalue weighted by atomic mass is 16.5. The number of aromatic nitrogens is 2. The van der Waals surface area contributed by atoms with Crippen LogP contribution in [0.3, 0.4) is 0 Å². The fraction of sp³-hybridized carbons (Fsp3) is 0.750. The maximum Gasteiger partial charge on any atom is 0.202 e. The van der Waals surface area contributed by atoms with Gasteiger partial charge in [0, 0.05) is 39.2 Å². The number of anilines is 1. The number of methoxy groups -OCH3 is 1. The van der Waals surface area contributed by atoms with E-state index >= 15 is 0 Å². The quantitative estimate of drug-likeness (QED) is 0.656. The second-order valence-electron chi connectivity index (χ2n) is 3.92. The smallest absolute Gasteiger partial charge is 0.202 e. The van der Waals surface area contributed by atoms with Crippen LogP contribution in [0, 0.1) is 0 Å². The van der Waals surface area contributed by atoms with Gasteiger partial charge in [0.15, 0.2) is 0 Å². The predicted molar refractivity (Wildman–Crippen MR) is 66.7 cm³/mol. The molecule has 16 heavy (non-hydrogen) atoms. The SMILES string of the molecule is CCCCn1ccnc1NCCCCOC. The summed E-state index contributed by atoms with van der Waals surface area (Å²) in [5.41, 5.74) is 0. The molecule has 92 valence electrons. The third-order valence-corrected chi connectivity index (χ3v) is 2.53. The summed E-state index contributed by atoms with van der Waals surface area (Å²) < 4.78 is 7.19. The summed E-state index contributed by atoms with van der Waals surface area (Å²) in [6, 6.07) is 0. The Bertz CT molecular complexity index is 273. The van der Waals surface area contributed by atoms with Gasteiger partial charge in [0.2, 0.25) is 5.95 Å². The first-order valence-corrected chi connectivity index (χ1v) is 6.12. The van der Waals surface area contributed by atoms with Crippen molar-refractivity contribution in [2.75, 3.05) is 25.6 Å². The first-order chi connectivity index (χ1) is 7.88. The molecule has 4 nitrogen and oxygen atoms in total. The Balaban J connectivity index is 2.22. The standard InChI is InChI=1S/C12H23N3O/c1-3-4-9-15-10-8-14-12(15)13-7-5-6-11-16-2/h8,10H,3-7,9,11H2,1-2H3,(H,13,14). The highest BCUT2D eigenvalue weighted by Gasteiger charge is 2.00. The van der Waals surface area contributed by atoms with Gasteiger partial charge in [-0.05, 0) is 19.3 Å². The topological polar surface area (TPSA) is 39.1 Å². The van der Waals surface area contributed by atoms with Crippen LogP contribution in [0.2, 0.25) is 0 Å². The first-order valence-electron chi connectivity index (χ1n) is 6.12. The number of nitrogens with one attached hydrogen (secondary N) is 1. The van der Waals surface area contributed by atoms with E-state index in [-0.39, 0.29) is 0 Å². The highest BCUT2D eigenvalue weighted by Crippen LogP contribution is 2.06. The van der Waals surface area contributed by atoms with Gasteiger partial charge in [0.1, 0.15) is 0 Å². The predicted octanol–water partition coefficient (Wildman–Crippen LogP) is 2.52. The number of hydrogen-bond donors (Lipinski definition) is 1. The summed E-state index contributed by atoms with van der Waals surface area (Å²) in [5.74, 6) is 0.992. The summed E-state index contributed by atoms with van der Waals surface area (Å²) in [6.45, 7) is 5.06. The van der Waals surface area contributed by atoms with Crippen LogP contribution in [0.1, 0.15) is 32.6 Å². The second-order valence-corrected chi connectivity index (χ2v) is 3.92. The molecule has 1 aromatic rings. The number of aryl methyl sites for hydroxylation is 1. The van der Waals surface area contributed by atoms with Crippen LogP contribution in [-0.4, -0.2) is 29.8 Å². The fourth-order valence-corrected chi connectivity index (χ4v) is 1.56. The second kappa shape index (κ2) is 8.16. The van der Waals surface area contributed by atoms with Crippen molar-refractivity contribution in [3.8, 4) is 0 Å². The molecule has 1 aromatic heterocycles. The minimum Gasteiger partial charge on any atom is -0.385 e. The third-order valence-electron chi connectivity index (χ3n) is 2.53. The van der Waals surface area contributed by atoms with Crippen LogP contribution in [0.25, 0.3) is 0 Å². The molecule has 0 fully saturated rings. The maximum absolute atomic E-state index is 5.01. The molecule has 0 saturated heterocycles. The van der Waals surface area contributed by atoms with Crippen molar-refractivity contribution in [1.82, 2.24) is 9.55 Å². The lowest BCUT2D eigenvalue weighted by atomic mass is 10.3. The van der Waals surface area contributed by atoms with Crippen molar-refractivity contribution in [3.05, 3.63) is 12.4 Å². The molecule has 0 aliphatic rings. The van der Waals surface area contributed by atoms with Crippen molar-refractivity contribution in [3.63, 3.8) is 0 Å². The van der Waals surface area contributed by atoms with Crippen molar-refractivity contribution in [2.45, 2.75) is 39.2 Å². The van der Waals surface area contributed by atoms with E-state index in [0.29, 0.717) is 0 Å². The monoisotopic (exact) mass is 225 g/mol. The molecule has 0 aliphatic carbocycles. The van der Waals surface area contributed by atoms with E-state index in [1.165, 1.54) is 12.8 Å². The molecule has 0 bridgehead atoms. The van der Waals surface area contributed by atoms with E-state index in [1.54, 1.807) is 7.11 Å². The van der Waals surface area contributed by atoms with Gasteiger partial charge in [0.25, 0.3) is 0 Å². The molecular weight excluding hydrogens is 202 g/mol. The summed E-state index contributed by atoms with van der Waals surface area (Å²) in [4.78, 5) is 4.31. The van der Waals surface area contributed by atoms with Crippen molar-refractivity contribution in [2.24, 2.45) is 0 Å². The number of unbranched alkanes of at least 4 members (excludes halogenated alkanes) is 2. The summed E-state index contributed by atoms with van der Waals surface area (Å²) in [7, 11) is 1.74. The van der Waals surface area contributed by atoms with Crippen LogP contribution in [-0.2, 0) is 11.3 Å². The summed E-state index contributed by atoms with van der Waals surface area (Å²) >= 11 is 0. The Kier molecular flexibility index (Phi) is 6.65. The van der Waals surface area contributed by atoms with Gasteiger partial charge in [-0.25, -0.2) is 4.98 Å². The number of imidazole rings is 1. The molecule has 4 heteroatoms. The zero-order valence-electron chi connectivity index (χ0n) is 10.4. The Hall–Kier alpha value is -1.03. The van der Waals surface area contributed by atoms with Crippen molar-refractivity contribution in [1.29, 1.82) is 0 Å². The molecule has 0 aromatic carbocycles. The van der Waals surface area contributed by atoms with Crippen LogP contribution < -0.4 is 5.32 Å². The number of nitrogens with zero attached hydrogens (tertiary/aromatic N) is 2. The molecule has 1 N–H and O–H groups in total. The lowest BCUT2D eigenvalue weighted by Crippen LogP contribution is -2.09. The van der Waals surface area contributed by atoms with Gasteiger partial charge in [-0.3, -0.25) is 0 Å². The lowest BCUT2D eigenvalue weighted by molar-refractivity contribution is 0.193. The Morgan fingerprint density at radius 2 is 2.25 bits per heavy atom. The number of ether oxygens (including phenoxy) is 1. The first kappa shape index (κ1) is 13.0. The summed E-state index contributed by atoms with van der Waals surface area (Å²) in [6.07, 6.45) is 8.52. The third kappa shape index (κ3) is 4.66. The Morgan fingerprint density at radius 3 is 3.00 bits per heavy atom. The van der Waals surface area contributed by atoms with Gasteiger partial charge in [-0.1, -0.05) is 13.3 Å². The molecule has 0 aliphatic heterocycles. The van der Waals surface area contributed by atoms with Crippen LogP contribution in [0.4, 0.5) is 5.95 Å². The zero-order valence-corrected chi connectivity index (χ0v) is 10.4. The molecule has 0 atom stereocenters. The minimum absolute atomic E-state index is 0.839. The normalized spacial score (nSPS) is 10.6. The average molecular weight is 225 g/mol. The van der Waals surface area contributed by atoms with E-state index in [2.05, 4.69) is 21.8 Å². The molecule has 0 radical (unpaired) electrons. The van der Waals surface area contributed by atoms with E-state index < -0.39 is 0 Å². The molecule has 1 rings (SSSR count). The average Bonchev–Trinajstić information content (AvgIpc) is 2.74. The van der Waals surface area contributed by atoms with E-state index in [4.69, 9.17) is 4.74 Å². The van der Waals surface area contributed by atoms with Crippen molar-refractivity contribution < 1.29 is 4.74 Å². The molecular formula is C12H23N3O. The fourth-order valence-electron chi connectivity index (χ4n) is 1.56. The van der Waals surface area contributed by atoms with E-state index in [1.807, 2.05) is 12.4 Å². The lowest BCUT2D eigenvalue weighted by Gasteiger charge is -2.08. The minimum atomic E-state index is 0.839. The largest absolute Gasteiger partial charge is 0.385 e. The molecule has 0 spiro atoms. The van der Waals surface area contributed by atoms with Gasteiger partial charge < -0.3 is 14.6 Å². The maximum atomic E-state index is 5.01. The Labute approximate surface area is 98.0 Å². The number of rotatable bonds is 9. The van der Waals surface area contributed by atoms with E-state index in [9.17, 15) is 0 Å². The highest BCUT2D eigenvalue weighted by molar-refractivity contribution is 5.25. The van der Waals surface area contributed by atoms with Crippen molar-refractivity contribution >= 4 is 5.95 Å². The zero-order chi connectivity index (χ0) is 11.6. The molecule has 0 amide bonds. The molecule has 0 saturated carbocycles. The van der Waals surface area contributed by atoms with Gasteiger partial charge >= 0.3 is 0 Å². The van der Waals surface area contributed by atoms with E-state index in [0.717, 1.165) is 38.5 Å². The Morgan fingerprint density at radius 1 is 1.38 bits per heavy atom. The van der Waals surface area contributed by atoms with Crippen LogP contribution in [0.15, 0.2) is 12.4 Å². The van der Waals surface area contributed by atoms with Gasteiger partial charge in [-0.2, -0.15) is 0 Å². The van der Waals surface area contributed by atoms with Crippen LogP contribution >= 0.6 is 0 Å². The summed E-state index contributed by atoms with van der Waals surface area (Å²) in [5, 5.41) is 3.36. The molecule has 0 unspecified atom stereocenters. The number of hydrogen-bond acceptors (Lipinski definition) is 3. The van der Waals surface area contributed by atoms with Crippen LogP contribution in [0.5, 0.6) is 0 Å². The van der Waals surface area contributed by atoms with Gasteiger partial charge in [-0.15, -0.1) is 0 Å². The molecule has 1 heterocycles.